The van der Waals surface area contributed by atoms with Gasteiger partial charge in [-0.25, -0.2) is 19.2 Å². The molecular formula is C26H38O25. The first-order chi connectivity index (χ1) is 23.9. The number of aliphatic hydroxyl groups excluding tert-OH is 8. The van der Waals surface area contributed by atoms with Gasteiger partial charge in [-0.05, 0) is 0 Å². The minimum atomic E-state index is -2.40. The third-order valence-corrected chi connectivity index (χ3v) is 8.53. The second-order valence-electron chi connectivity index (χ2n) is 11.7. The van der Waals surface area contributed by atoms with E-state index in [9.17, 15) is 80.5 Å². The van der Waals surface area contributed by atoms with Crippen LogP contribution in [0, 0.1) is 0 Å². The van der Waals surface area contributed by atoms with Gasteiger partial charge in [0, 0.05) is 14.2 Å². The second kappa shape index (κ2) is 16.5. The molecule has 0 spiro atoms. The van der Waals surface area contributed by atoms with Crippen LogP contribution >= 0.6 is 0 Å². The van der Waals surface area contributed by atoms with Gasteiger partial charge < -0.3 is 104 Å². The van der Waals surface area contributed by atoms with Crippen LogP contribution in [0.3, 0.4) is 0 Å². The number of aliphatic carboxylic acids is 4. The lowest BCUT2D eigenvalue weighted by atomic mass is 9.95. The van der Waals surface area contributed by atoms with Crippen LogP contribution in [0.15, 0.2) is 0 Å². The Balaban J connectivity index is 1.51. The Bertz CT molecular complexity index is 1250. The van der Waals surface area contributed by atoms with Crippen molar-refractivity contribution in [3.8, 4) is 0 Å². The van der Waals surface area contributed by atoms with Crippen LogP contribution in [0.2, 0.25) is 0 Å². The average molecular weight is 751 g/mol. The molecular weight excluding hydrogens is 712 g/mol. The molecule has 25 heteroatoms. The lowest BCUT2D eigenvalue weighted by Crippen LogP contribution is -2.68. The fourth-order valence-electron chi connectivity index (χ4n) is 5.86. The van der Waals surface area contributed by atoms with E-state index in [1.165, 1.54) is 0 Å². The summed E-state index contributed by atoms with van der Waals surface area (Å²) in [6.07, 6.45) is -43.0. The van der Waals surface area contributed by atoms with Gasteiger partial charge in [-0.2, -0.15) is 0 Å². The van der Waals surface area contributed by atoms with Gasteiger partial charge in [0.2, 0.25) is 0 Å². The third-order valence-electron chi connectivity index (χ3n) is 8.53. The van der Waals surface area contributed by atoms with Crippen LogP contribution in [0.1, 0.15) is 0 Å². The molecule has 0 aliphatic carbocycles. The molecule has 51 heavy (non-hydrogen) atoms. The summed E-state index contributed by atoms with van der Waals surface area (Å²) < 4.78 is 46.0. The number of methoxy groups -OCH3 is 2. The van der Waals surface area contributed by atoms with Crippen LogP contribution < -0.4 is 0 Å². The molecule has 25 nitrogen and oxygen atoms in total. The molecule has 0 aromatic heterocycles. The SMILES string of the molecule is CO[C@H]1O[C@@H](C(=O)O)[C@H](O[C@H]2OC(C(=O)O)[C@H](O[C@H]3O[C@@H](C(=O)O)[C@H](O[C@H]4OC(C(=O)O)[C@H](OC)[C@@H](O)C4O)C(O)C3O)[C@@H](O)C2O)C(O)C1O. The van der Waals surface area contributed by atoms with Crippen molar-refractivity contribution >= 4 is 23.9 Å². The number of hydrogen-bond acceptors (Lipinski definition) is 21. The quantitative estimate of drug-likeness (QED) is 0.0881. The summed E-state index contributed by atoms with van der Waals surface area (Å²) >= 11 is 0. The van der Waals surface area contributed by atoms with E-state index in [0.29, 0.717) is 0 Å². The molecule has 20 atom stereocenters. The van der Waals surface area contributed by atoms with E-state index >= 15 is 0 Å². The maximum absolute atomic E-state index is 12.2. The highest BCUT2D eigenvalue weighted by Crippen LogP contribution is 2.35. The standard InChI is InChI=1S/C26H38O25/c1-43-11-3(27)8(32)24(49-15(11)19(35)36)46-13-5(29)10(34)26(51-17(13)21(39)40)47-14-6(30)9(33)25(50-18(14)22(41)42)45-12-4(28)7(31)23(44-2)48-16(12)20(37)38/h3-18,23-34H,1-2H3,(H,35,36)(H,37,38)(H,39,40)(H,41,42)/t3-,4?,5?,6-,7?,8?,9?,10?,11+,12+,13+,14+,15?,16+,17+,18?,23-,24-,25-,26-/m0/s1. The summed E-state index contributed by atoms with van der Waals surface area (Å²) in [6, 6.07) is 0. The summed E-state index contributed by atoms with van der Waals surface area (Å²) in [6.45, 7) is 0. The van der Waals surface area contributed by atoms with E-state index in [1.807, 2.05) is 0 Å². The molecule has 8 unspecified atom stereocenters. The van der Waals surface area contributed by atoms with E-state index in [2.05, 4.69) is 0 Å². The maximum Gasteiger partial charge on any atom is 0.335 e. The van der Waals surface area contributed by atoms with Gasteiger partial charge in [0.1, 0.15) is 73.2 Å². The topological polar surface area (TPSA) is 394 Å². The van der Waals surface area contributed by atoms with Crippen molar-refractivity contribution in [2.45, 2.75) is 123 Å². The van der Waals surface area contributed by atoms with Crippen LogP contribution in [0.25, 0.3) is 0 Å². The highest BCUT2D eigenvalue weighted by Gasteiger charge is 2.58. The van der Waals surface area contributed by atoms with E-state index in [0.717, 1.165) is 14.2 Å². The van der Waals surface area contributed by atoms with Crippen molar-refractivity contribution in [1.82, 2.24) is 0 Å². The predicted octanol–water partition coefficient (Wildman–Crippen LogP) is -8.07. The van der Waals surface area contributed by atoms with Gasteiger partial charge in [0.15, 0.2) is 49.6 Å². The van der Waals surface area contributed by atoms with Gasteiger partial charge in [0.05, 0.1) is 0 Å². The zero-order chi connectivity index (χ0) is 38.2. The molecule has 292 valence electrons. The first-order valence-electron chi connectivity index (χ1n) is 14.9. The fraction of sp³-hybridized carbons (Fsp3) is 0.846. The normalized spacial score (nSPS) is 47.7. The van der Waals surface area contributed by atoms with Gasteiger partial charge in [-0.15, -0.1) is 0 Å². The van der Waals surface area contributed by atoms with E-state index in [-0.39, 0.29) is 0 Å². The molecule has 4 aliphatic rings. The van der Waals surface area contributed by atoms with Crippen LogP contribution in [0.5, 0.6) is 0 Å². The molecule has 0 radical (unpaired) electrons. The molecule has 4 heterocycles. The van der Waals surface area contributed by atoms with Crippen molar-refractivity contribution in [3.63, 3.8) is 0 Å². The predicted molar refractivity (Wildman–Crippen MR) is 146 cm³/mol. The van der Waals surface area contributed by atoms with E-state index in [4.69, 9.17) is 42.6 Å². The number of hydrogen-bond donors (Lipinski definition) is 12. The smallest absolute Gasteiger partial charge is 0.335 e. The van der Waals surface area contributed by atoms with Crippen molar-refractivity contribution in [2.24, 2.45) is 0 Å². The highest BCUT2D eigenvalue weighted by molar-refractivity contribution is 5.75. The molecule has 4 saturated heterocycles. The van der Waals surface area contributed by atoms with Gasteiger partial charge >= 0.3 is 23.9 Å². The molecule has 0 amide bonds. The fourth-order valence-corrected chi connectivity index (χ4v) is 5.86. The summed E-state index contributed by atoms with van der Waals surface area (Å²) in [5.41, 5.74) is 0. The number of carboxylic acids is 4. The monoisotopic (exact) mass is 750 g/mol. The molecule has 0 bridgehead atoms. The van der Waals surface area contributed by atoms with Gasteiger partial charge in [-0.1, -0.05) is 0 Å². The van der Waals surface area contributed by atoms with Crippen molar-refractivity contribution in [2.75, 3.05) is 14.2 Å². The minimum absolute atomic E-state index is 1.000. The van der Waals surface area contributed by atoms with E-state index in [1.54, 1.807) is 0 Å². The first kappa shape index (κ1) is 41.0. The molecule has 4 fully saturated rings. The largest absolute Gasteiger partial charge is 0.479 e. The summed E-state index contributed by atoms with van der Waals surface area (Å²) in [5.74, 6) is -7.32. The lowest BCUT2D eigenvalue weighted by molar-refractivity contribution is -0.378. The zero-order valence-electron chi connectivity index (χ0n) is 26.2. The number of ether oxygens (including phenoxy) is 9. The van der Waals surface area contributed by atoms with Gasteiger partial charge in [0.25, 0.3) is 0 Å². The minimum Gasteiger partial charge on any atom is -0.479 e. The Morgan fingerprint density at radius 2 is 0.608 bits per heavy atom. The van der Waals surface area contributed by atoms with Crippen molar-refractivity contribution < 1.29 is 123 Å². The number of rotatable bonds is 12. The van der Waals surface area contributed by atoms with Crippen molar-refractivity contribution in [3.05, 3.63) is 0 Å². The molecule has 4 aliphatic heterocycles. The Hall–Kier alpha value is -2.80. The zero-order valence-corrected chi connectivity index (χ0v) is 26.2. The summed E-state index contributed by atoms with van der Waals surface area (Å²) in [4.78, 5) is 47.8. The lowest BCUT2D eigenvalue weighted by Gasteiger charge is -2.48. The Morgan fingerprint density at radius 1 is 0.373 bits per heavy atom. The number of carboxylic acid groups (broad SMARTS) is 4. The van der Waals surface area contributed by atoms with E-state index < -0.39 is 147 Å². The van der Waals surface area contributed by atoms with Crippen molar-refractivity contribution in [1.29, 1.82) is 0 Å². The second-order valence-corrected chi connectivity index (χ2v) is 11.7. The van der Waals surface area contributed by atoms with Crippen LogP contribution in [-0.2, 0) is 61.8 Å². The summed E-state index contributed by atoms with van der Waals surface area (Å²) in [7, 11) is 2.02. The van der Waals surface area contributed by atoms with Crippen LogP contribution in [0.4, 0.5) is 0 Å². The Labute approximate surface area is 284 Å². The molecule has 0 saturated carbocycles. The summed E-state index contributed by atoms with van der Waals surface area (Å²) in [5, 5.41) is 123. The molecule has 0 aromatic rings. The highest BCUT2D eigenvalue weighted by atomic mass is 16.8. The Morgan fingerprint density at radius 3 is 0.863 bits per heavy atom. The average Bonchev–Trinajstić information content (AvgIpc) is 3.07. The Kier molecular flexibility index (Phi) is 13.2. The molecule has 0 aromatic carbocycles. The maximum atomic E-state index is 12.2. The number of carbonyl (C=O) groups is 4. The van der Waals surface area contributed by atoms with Gasteiger partial charge in [-0.3, -0.25) is 0 Å². The third kappa shape index (κ3) is 8.09. The van der Waals surface area contributed by atoms with Crippen LogP contribution in [-0.4, -0.2) is 222 Å². The molecule has 4 rings (SSSR count). The first-order valence-corrected chi connectivity index (χ1v) is 14.9. The molecule has 12 N–H and O–H groups in total. The number of aliphatic hydroxyl groups is 8.